The number of rotatable bonds is 18. The lowest BCUT2D eigenvalue weighted by Crippen LogP contribution is -2.48. The lowest BCUT2D eigenvalue weighted by atomic mass is 10.2. The van der Waals surface area contributed by atoms with Gasteiger partial charge in [0, 0.05) is 40.7 Å². The van der Waals surface area contributed by atoms with E-state index in [2.05, 4.69) is 41.5 Å². The summed E-state index contributed by atoms with van der Waals surface area (Å²) in [5.74, 6) is 0.724. The van der Waals surface area contributed by atoms with Gasteiger partial charge in [0.05, 0.1) is 47.2 Å². The van der Waals surface area contributed by atoms with Crippen molar-refractivity contribution in [2.75, 3.05) is 64.0 Å². The minimum atomic E-state index is -1.89. The molecule has 4 heterocycles. The van der Waals surface area contributed by atoms with E-state index in [1.54, 1.807) is 34.0 Å². The highest BCUT2D eigenvalue weighted by Crippen LogP contribution is 2.42. The number of nitrogens with zero attached hydrogens (tertiary/aromatic N) is 3. The molecule has 0 unspecified atom stereocenters. The molecule has 0 saturated heterocycles. The molecule has 8 nitrogen and oxygen atoms in total. The monoisotopic (exact) mass is 728 g/mol. The summed E-state index contributed by atoms with van der Waals surface area (Å²) in [5.41, 5.74) is 1.52. The quantitative estimate of drug-likeness (QED) is 0.0498. The Morgan fingerprint density at radius 1 is 1.00 bits per heavy atom. The number of unbranched alkanes of at least 4 members (excludes halogenated alkanes) is 3. The van der Waals surface area contributed by atoms with Crippen LogP contribution in [0, 0.1) is 11.3 Å². The van der Waals surface area contributed by atoms with Gasteiger partial charge in [0.1, 0.15) is 25.8 Å². The SMILES string of the molecule is CN(CCOC(=O)NCCOCCOCCCCCCCl)c1cc2c(s1)-c1sc(/C=C(\C#N)c3nc4ccccc4s3)cc1[Si]2(C)C. The topological polar surface area (TPSA) is 96.7 Å². The number of alkyl carbamates (subject to hydrolysis) is 1. The van der Waals surface area contributed by atoms with Crippen LogP contribution in [-0.2, 0) is 14.2 Å². The number of para-hydroxylation sites is 1. The second-order valence-electron chi connectivity index (χ2n) is 11.8. The maximum atomic E-state index is 12.2. The number of ether oxygens (including phenoxy) is 3. The van der Waals surface area contributed by atoms with Crippen LogP contribution in [0.1, 0.15) is 35.6 Å². The Labute approximate surface area is 294 Å². The van der Waals surface area contributed by atoms with E-state index in [1.807, 2.05) is 37.4 Å². The molecule has 1 amide bonds. The number of thiophene rings is 2. The molecule has 4 aromatic rings. The number of thiazole rings is 1. The molecule has 47 heavy (non-hydrogen) atoms. The number of carbonyl (C=O) groups excluding carboxylic acids is 1. The lowest BCUT2D eigenvalue weighted by Gasteiger charge is -2.19. The van der Waals surface area contributed by atoms with Crippen molar-refractivity contribution in [1.29, 1.82) is 5.26 Å². The normalized spacial score (nSPS) is 13.4. The highest BCUT2D eigenvalue weighted by atomic mass is 35.5. The minimum absolute atomic E-state index is 0.285. The van der Waals surface area contributed by atoms with Gasteiger partial charge in [0.25, 0.3) is 0 Å². The first kappa shape index (κ1) is 35.5. The highest BCUT2D eigenvalue weighted by molar-refractivity contribution is 7.30. The first-order valence-electron chi connectivity index (χ1n) is 15.9. The van der Waals surface area contributed by atoms with Crippen molar-refractivity contribution in [2.45, 2.75) is 38.8 Å². The molecule has 0 saturated carbocycles. The highest BCUT2D eigenvalue weighted by Gasteiger charge is 2.41. The van der Waals surface area contributed by atoms with Gasteiger partial charge in [-0.1, -0.05) is 38.1 Å². The number of hydrogen-bond donors (Lipinski definition) is 1. The number of halogens is 1. The average Bonchev–Trinajstić information content (AvgIpc) is 3.83. The predicted octanol–water partition coefficient (Wildman–Crippen LogP) is 7.28. The van der Waals surface area contributed by atoms with E-state index in [9.17, 15) is 10.1 Å². The number of alkyl halides is 1. The zero-order valence-corrected chi connectivity index (χ0v) is 31.3. The van der Waals surface area contributed by atoms with Crippen molar-refractivity contribution in [3.63, 3.8) is 0 Å². The van der Waals surface area contributed by atoms with E-state index in [0.29, 0.717) is 38.5 Å². The number of fused-ring (bicyclic) bond motifs is 4. The van der Waals surface area contributed by atoms with Crippen molar-refractivity contribution in [3.05, 3.63) is 46.3 Å². The summed E-state index contributed by atoms with van der Waals surface area (Å²) in [6, 6.07) is 15.0. The summed E-state index contributed by atoms with van der Waals surface area (Å²) in [6.45, 7) is 8.26. The van der Waals surface area contributed by atoms with E-state index in [4.69, 9.17) is 30.8 Å². The molecule has 0 atom stereocenters. The summed E-state index contributed by atoms with van der Waals surface area (Å²) in [5, 5.41) is 17.5. The van der Waals surface area contributed by atoms with Crippen LogP contribution >= 0.6 is 45.6 Å². The van der Waals surface area contributed by atoms with Crippen LogP contribution in [0.3, 0.4) is 0 Å². The van der Waals surface area contributed by atoms with Gasteiger partial charge >= 0.3 is 6.09 Å². The van der Waals surface area contributed by atoms with Crippen molar-refractivity contribution in [1.82, 2.24) is 10.3 Å². The minimum Gasteiger partial charge on any atom is -0.448 e. The second-order valence-corrected chi connectivity index (χ2v) is 19.7. The molecular formula is C34H41ClN4O4S3Si. The third-order valence-electron chi connectivity index (χ3n) is 8.05. The van der Waals surface area contributed by atoms with E-state index in [-0.39, 0.29) is 6.61 Å². The molecule has 0 spiro atoms. The maximum absolute atomic E-state index is 12.2. The van der Waals surface area contributed by atoms with Crippen LogP contribution < -0.4 is 20.6 Å². The molecule has 1 aliphatic heterocycles. The second kappa shape index (κ2) is 17.1. The van der Waals surface area contributed by atoms with E-state index >= 15 is 0 Å². The lowest BCUT2D eigenvalue weighted by molar-refractivity contribution is 0.0469. The summed E-state index contributed by atoms with van der Waals surface area (Å²) in [7, 11) is 0.145. The molecule has 0 radical (unpaired) electrons. The zero-order chi connectivity index (χ0) is 33.2. The number of benzene rings is 1. The molecule has 3 aromatic heterocycles. The Hall–Kier alpha value is -2.76. The largest absolute Gasteiger partial charge is 0.448 e. The van der Waals surface area contributed by atoms with Gasteiger partial charge in [0.2, 0.25) is 0 Å². The maximum Gasteiger partial charge on any atom is 0.407 e. The summed E-state index contributed by atoms with van der Waals surface area (Å²) in [4.78, 5) is 22.7. The molecule has 0 aliphatic carbocycles. The van der Waals surface area contributed by atoms with Gasteiger partial charge in [-0.2, -0.15) is 5.26 Å². The standard InChI is InChI=1S/C34H41ClN4O4S3Si/c1-39(14-17-43-34(40)37-13-16-42-19-18-41-15-9-5-4-8-12-35)30-22-29-32(46-30)31-28(47(29,2)3)21-25(44-31)20-24(23-36)33-38-26-10-6-7-11-27(26)45-33/h6-7,10-11,20-22H,4-5,8-9,12-19H2,1-3H3,(H,37,40)/b24-20+. The number of hydrogen-bond acceptors (Lipinski definition) is 10. The average molecular weight is 729 g/mol. The van der Waals surface area contributed by atoms with Crippen LogP contribution in [-0.4, -0.2) is 78.2 Å². The smallest absolute Gasteiger partial charge is 0.407 e. The summed E-state index contributed by atoms with van der Waals surface area (Å²) in [6.07, 6.45) is 5.93. The van der Waals surface area contributed by atoms with E-state index in [1.165, 1.54) is 20.1 Å². The molecular weight excluding hydrogens is 688 g/mol. The first-order chi connectivity index (χ1) is 22.8. The van der Waals surface area contributed by atoms with Crippen molar-refractivity contribution in [2.24, 2.45) is 0 Å². The summed E-state index contributed by atoms with van der Waals surface area (Å²) < 4.78 is 17.6. The van der Waals surface area contributed by atoms with Crippen molar-refractivity contribution < 1.29 is 19.0 Å². The van der Waals surface area contributed by atoms with Gasteiger partial charge in [-0.25, -0.2) is 9.78 Å². The fourth-order valence-electron chi connectivity index (χ4n) is 5.37. The molecule has 5 rings (SSSR count). The Morgan fingerprint density at radius 2 is 1.74 bits per heavy atom. The van der Waals surface area contributed by atoms with Crippen LogP contribution in [0.5, 0.6) is 0 Å². The number of amides is 1. The van der Waals surface area contributed by atoms with Crippen LogP contribution in [0.4, 0.5) is 9.80 Å². The number of anilines is 1. The third-order valence-corrected chi connectivity index (χ3v) is 15.7. The van der Waals surface area contributed by atoms with Gasteiger partial charge in [0.15, 0.2) is 0 Å². The Balaban J connectivity index is 1.07. The van der Waals surface area contributed by atoms with Crippen LogP contribution in [0.2, 0.25) is 13.1 Å². The van der Waals surface area contributed by atoms with Crippen molar-refractivity contribution >= 4 is 97.0 Å². The zero-order valence-electron chi connectivity index (χ0n) is 27.1. The van der Waals surface area contributed by atoms with Gasteiger partial charge in [-0.05, 0) is 53.6 Å². The molecule has 0 fully saturated rings. The number of likely N-dealkylation sites (N-methyl/N-ethyl adjacent to an activating group) is 1. The van der Waals surface area contributed by atoms with Crippen molar-refractivity contribution in [3.8, 4) is 15.8 Å². The number of aromatic nitrogens is 1. The first-order valence-corrected chi connectivity index (χ1v) is 21.9. The van der Waals surface area contributed by atoms with Gasteiger partial charge in [-0.15, -0.1) is 45.6 Å². The number of nitrogens with one attached hydrogen (secondary N) is 1. The number of nitriles is 1. The van der Waals surface area contributed by atoms with Gasteiger partial charge < -0.3 is 24.4 Å². The molecule has 1 aromatic carbocycles. The third kappa shape index (κ3) is 9.03. The Morgan fingerprint density at radius 3 is 2.53 bits per heavy atom. The molecule has 250 valence electrons. The van der Waals surface area contributed by atoms with Crippen LogP contribution in [0.15, 0.2) is 36.4 Å². The van der Waals surface area contributed by atoms with Crippen LogP contribution in [0.25, 0.3) is 31.6 Å². The molecule has 1 N–H and O–H groups in total. The molecule has 13 heteroatoms. The fraction of sp³-hybridized carbons (Fsp3) is 0.441. The molecule has 1 aliphatic rings. The predicted molar refractivity (Wildman–Crippen MR) is 201 cm³/mol. The van der Waals surface area contributed by atoms with E-state index in [0.717, 1.165) is 63.3 Å². The Bertz CT molecular complexity index is 1690. The van der Waals surface area contributed by atoms with Gasteiger partial charge in [-0.3, -0.25) is 0 Å². The Kier molecular flexibility index (Phi) is 12.9. The summed E-state index contributed by atoms with van der Waals surface area (Å²) >= 11 is 10.8. The molecule has 0 bridgehead atoms. The number of allylic oxidation sites excluding steroid dienone is 1. The van der Waals surface area contributed by atoms with E-state index < -0.39 is 14.2 Å². The number of carbonyl (C=O) groups is 1. The fourth-order valence-corrected chi connectivity index (χ4v) is 13.6.